The number of benzene rings is 1. The Kier molecular flexibility index (Phi) is 6.14. The molecule has 0 saturated heterocycles. The molecule has 0 spiro atoms. The number of nitrogens with zero attached hydrogens (tertiary/aromatic N) is 2. The molecule has 1 aromatic carbocycles. The van der Waals surface area contributed by atoms with Gasteiger partial charge in [-0.3, -0.25) is 4.99 Å². The molecule has 1 heterocycles. The minimum atomic E-state index is -0.188. The van der Waals surface area contributed by atoms with E-state index in [0.717, 1.165) is 36.8 Å². The number of hydrogen-bond acceptors (Lipinski definition) is 3. The molecule has 0 bridgehead atoms. The Balaban J connectivity index is 1.65. The van der Waals surface area contributed by atoms with Crippen LogP contribution in [-0.4, -0.2) is 24.5 Å². The Morgan fingerprint density at radius 2 is 1.85 bits per heavy atom. The van der Waals surface area contributed by atoms with Gasteiger partial charge in [0.25, 0.3) is 0 Å². The molecule has 0 unspecified atom stereocenters. The number of rotatable bonds is 5. The fourth-order valence-electron chi connectivity index (χ4n) is 3.85. The second kappa shape index (κ2) is 8.55. The summed E-state index contributed by atoms with van der Waals surface area (Å²) < 4.78 is 19.0. The maximum Gasteiger partial charge on any atom is 0.214 e. The van der Waals surface area contributed by atoms with Crippen LogP contribution in [0, 0.1) is 19.7 Å². The monoisotopic (exact) mass is 372 g/mol. The van der Waals surface area contributed by atoms with Gasteiger partial charge in [0.2, 0.25) is 5.89 Å². The van der Waals surface area contributed by atoms with Gasteiger partial charge in [-0.15, -0.1) is 0 Å². The highest BCUT2D eigenvalue weighted by molar-refractivity contribution is 5.79. The molecule has 1 aliphatic rings. The Labute approximate surface area is 160 Å². The SMILES string of the molecule is CN=C(NCc1nc(C)c(C)o1)NCC1(c2ccc(F)cc2)CCCCC1. The Morgan fingerprint density at radius 3 is 2.44 bits per heavy atom. The Bertz CT molecular complexity index is 756. The van der Waals surface area contributed by atoms with Crippen LogP contribution < -0.4 is 10.6 Å². The van der Waals surface area contributed by atoms with Gasteiger partial charge in [0, 0.05) is 19.0 Å². The molecule has 0 amide bonds. The van der Waals surface area contributed by atoms with E-state index in [4.69, 9.17) is 4.42 Å². The predicted molar refractivity (Wildman–Crippen MR) is 105 cm³/mol. The van der Waals surface area contributed by atoms with Gasteiger partial charge in [-0.25, -0.2) is 9.37 Å². The molecule has 0 aliphatic heterocycles. The molecular formula is C21H29FN4O. The largest absolute Gasteiger partial charge is 0.444 e. The molecule has 0 atom stereocenters. The van der Waals surface area contributed by atoms with Crippen molar-refractivity contribution in [1.29, 1.82) is 0 Å². The number of nitrogens with one attached hydrogen (secondary N) is 2. The van der Waals surface area contributed by atoms with E-state index < -0.39 is 0 Å². The number of halogens is 1. The average molecular weight is 372 g/mol. The van der Waals surface area contributed by atoms with Gasteiger partial charge in [-0.1, -0.05) is 31.4 Å². The van der Waals surface area contributed by atoms with Gasteiger partial charge in [0.05, 0.1) is 12.2 Å². The smallest absolute Gasteiger partial charge is 0.214 e. The van der Waals surface area contributed by atoms with Crippen LogP contribution in [0.15, 0.2) is 33.7 Å². The third-order valence-electron chi connectivity index (χ3n) is 5.56. The standard InChI is InChI=1S/C21H29FN4O/c1-15-16(2)27-19(26-15)13-24-20(23-3)25-14-21(11-5-4-6-12-21)17-7-9-18(22)10-8-17/h7-10H,4-6,11-14H2,1-3H3,(H2,23,24,25). The van der Waals surface area contributed by atoms with Crippen molar-refractivity contribution in [3.8, 4) is 0 Å². The van der Waals surface area contributed by atoms with Crippen molar-refractivity contribution in [3.05, 3.63) is 53.0 Å². The molecule has 3 rings (SSSR count). The van der Waals surface area contributed by atoms with Crippen molar-refractivity contribution in [1.82, 2.24) is 15.6 Å². The maximum absolute atomic E-state index is 13.4. The first kappa shape index (κ1) is 19.4. The summed E-state index contributed by atoms with van der Waals surface area (Å²) in [4.78, 5) is 8.71. The summed E-state index contributed by atoms with van der Waals surface area (Å²) >= 11 is 0. The van der Waals surface area contributed by atoms with Crippen molar-refractivity contribution < 1.29 is 8.81 Å². The van der Waals surface area contributed by atoms with Crippen molar-refractivity contribution in [2.45, 2.75) is 57.9 Å². The van der Waals surface area contributed by atoms with Crippen molar-refractivity contribution in [3.63, 3.8) is 0 Å². The summed E-state index contributed by atoms with van der Waals surface area (Å²) in [6.07, 6.45) is 5.85. The molecule has 1 aromatic heterocycles. The molecule has 1 fully saturated rings. The third kappa shape index (κ3) is 4.67. The highest BCUT2D eigenvalue weighted by Crippen LogP contribution is 2.39. The van der Waals surface area contributed by atoms with Crippen LogP contribution in [0.5, 0.6) is 0 Å². The van der Waals surface area contributed by atoms with Crippen molar-refractivity contribution in [2.75, 3.05) is 13.6 Å². The van der Waals surface area contributed by atoms with Crippen LogP contribution >= 0.6 is 0 Å². The second-order valence-electron chi connectivity index (χ2n) is 7.38. The molecule has 146 valence electrons. The van der Waals surface area contributed by atoms with E-state index in [-0.39, 0.29) is 11.2 Å². The van der Waals surface area contributed by atoms with Crippen LogP contribution in [-0.2, 0) is 12.0 Å². The van der Waals surface area contributed by atoms with Gasteiger partial charge >= 0.3 is 0 Å². The van der Waals surface area contributed by atoms with Crippen LogP contribution in [0.1, 0.15) is 55.0 Å². The zero-order chi connectivity index (χ0) is 19.3. The summed E-state index contributed by atoms with van der Waals surface area (Å²) in [5.74, 6) is 2.02. The van der Waals surface area contributed by atoms with E-state index in [1.165, 1.54) is 24.8 Å². The maximum atomic E-state index is 13.4. The number of hydrogen-bond donors (Lipinski definition) is 2. The average Bonchev–Trinajstić information content (AvgIpc) is 3.01. The van der Waals surface area contributed by atoms with E-state index in [1.807, 2.05) is 26.0 Å². The van der Waals surface area contributed by atoms with Gasteiger partial charge in [-0.2, -0.15) is 0 Å². The number of aryl methyl sites for hydroxylation is 2. The summed E-state index contributed by atoms with van der Waals surface area (Å²) in [6, 6.07) is 6.98. The summed E-state index contributed by atoms with van der Waals surface area (Å²) in [5.41, 5.74) is 2.12. The molecule has 0 radical (unpaired) electrons. The zero-order valence-electron chi connectivity index (χ0n) is 16.4. The minimum Gasteiger partial charge on any atom is -0.444 e. The zero-order valence-corrected chi connectivity index (χ0v) is 16.4. The molecule has 27 heavy (non-hydrogen) atoms. The lowest BCUT2D eigenvalue weighted by atomic mass is 9.69. The fourth-order valence-corrected chi connectivity index (χ4v) is 3.85. The molecule has 2 aromatic rings. The van der Waals surface area contributed by atoms with Gasteiger partial charge in [0.15, 0.2) is 5.96 Å². The second-order valence-corrected chi connectivity index (χ2v) is 7.38. The number of aromatic nitrogens is 1. The highest BCUT2D eigenvalue weighted by Gasteiger charge is 2.34. The molecular weight excluding hydrogens is 343 g/mol. The molecule has 1 aliphatic carbocycles. The predicted octanol–water partition coefficient (Wildman–Crippen LogP) is 4.00. The Hall–Kier alpha value is -2.37. The summed E-state index contributed by atoms with van der Waals surface area (Å²) in [5, 5.41) is 6.73. The molecule has 6 heteroatoms. The highest BCUT2D eigenvalue weighted by atomic mass is 19.1. The van der Waals surface area contributed by atoms with Gasteiger partial charge < -0.3 is 15.1 Å². The quantitative estimate of drug-likeness (QED) is 0.615. The topological polar surface area (TPSA) is 62.5 Å². The van der Waals surface area contributed by atoms with E-state index in [0.29, 0.717) is 12.4 Å². The normalized spacial score (nSPS) is 17.0. The van der Waals surface area contributed by atoms with Crippen LogP contribution in [0.25, 0.3) is 0 Å². The Morgan fingerprint density at radius 1 is 1.15 bits per heavy atom. The fraction of sp³-hybridized carbons (Fsp3) is 0.524. The van der Waals surface area contributed by atoms with E-state index in [1.54, 1.807) is 19.2 Å². The lowest BCUT2D eigenvalue weighted by molar-refractivity contribution is 0.291. The van der Waals surface area contributed by atoms with Crippen LogP contribution in [0.4, 0.5) is 4.39 Å². The van der Waals surface area contributed by atoms with Gasteiger partial charge in [-0.05, 0) is 44.4 Å². The first-order chi connectivity index (χ1) is 13.0. The molecule has 2 N–H and O–H groups in total. The third-order valence-corrected chi connectivity index (χ3v) is 5.56. The lowest BCUT2D eigenvalue weighted by Crippen LogP contribution is -2.46. The minimum absolute atomic E-state index is 0.0136. The van der Waals surface area contributed by atoms with E-state index in [2.05, 4.69) is 20.6 Å². The number of guanidine groups is 1. The molecule has 5 nitrogen and oxygen atoms in total. The van der Waals surface area contributed by atoms with Gasteiger partial charge in [0.1, 0.15) is 11.6 Å². The summed E-state index contributed by atoms with van der Waals surface area (Å²) in [7, 11) is 1.76. The number of oxazole rings is 1. The van der Waals surface area contributed by atoms with Crippen LogP contribution in [0.3, 0.4) is 0 Å². The van der Waals surface area contributed by atoms with E-state index >= 15 is 0 Å². The van der Waals surface area contributed by atoms with E-state index in [9.17, 15) is 4.39 Å². The first-order valence-corrected chi connectivity index (χ1v) is 9.66. The summed E-state index contributed by atoms with van der Waals surface area (Å²) in [6.45, 7) is 5.10. The van der Waals surface area contributed by atoms with Crippen LogP contribution in [0.2, 0.25) is 0 Å². The first-order valence-electron chi connectivity index (χ1n) is 9.66. The molecule has 1 saturated carbocycles. The lowest BCUT2D eigenvalue weighted by Gasteiger charge is -2.38. The number of aliphatic imine (C=N–C) groups is 1. The van der Waals surface area contributed by atoms with Crippen molar-refractivity contribution in [2.24, 2.45) is 4.99 Å². The van der Waals surface area contributed by atoms with Crippen molar-refractivity contribution >= 4 is 5.96 Å².